The number of alkyl halides is 3. The molecule has 5 aromatic rings. The zero-order chi connectivity index (χ0) is 36.6. The second-order valence-corrected chi connectivity index (χ2v) is 14.0. The van der Waals surface area contributed by atoms with Crippen molar-refractivity contribution < 1.29 is 26.3 Å². The molecule has 11 nitrogen and oxygen atoms in total. The minimum Gasteiger partial charge on any atom is -0.406 e. The third-order valence-electron chi connectivity index (χ3n) is 8.74. The summed E-state index contributed by atoms with van der Waals surface area (Å²) in [6.45, 7) is 2.25. The first-order valence-corrected chi connectivity index (χ1v) is 18.5. The summed E-state index contributed by atoms with van der Waals surface area (Å²) >= 11 is 0. The van der Waals surface area contributed by atoms with Gasteiger partial charge in [-0.1, -0.05) is 36.4 Å². The molecule has 0 spiro atoms. The monoisotopic (exact) mass is 732 g/mol. The van der Waals surface area contributed by atoms with Crippen LogP contribution in [0, 0.1) is 0 Å². The SMILES string of the molecule is NCCCN1c2ccccc2CCc2cncnc21.O=S(=O)(NCCCN1c2ccccc2CCc2cncnc21)c1ccc(OC(F)(F)F)cc1. The Balaban J connectivity index is 0.000000206. The zero-order valence-electron chi connectivity index (χ0n) is 28.3. The van der Waals surface area contributed by atoms with Crippen molar-refractivity contribution in [3.05, 3.63) is 120 Å². The lowest BCUT2D eigenvalue weighted by molar-refractivity contribution is -0.274. The van der Waals surface area contributed by atoms with Gasteiger partial charge in [0, 0.05) is 54.5 Å². The van der Waals surface area contributed by atoms with Crippen molar-refractivity contribution >= 4 is 33.0 Å². The Labute approximate surface area is 300 Å². The van der Waals surface area contributed by atoms with Gasteiger partial charge in [0.05, 0.1) is 4.90 Å². The van der Waals surface area contributed by atoms with Gasteiger partial charge < -0.3 is 20.3 Å². The highest BCUT2D eigenvalue weighted by Crippen LogP contribution is 2.35. The Morgan fingerprint density at radius 3 is 1.73 bits per heavy atom. The molecular weight excluding hydrogens is 694 g/mol. The topological polar surface area (TPSA) is 139 Å². The highest BCUT2D eigenvalue weighted by atomic mass is 32.2. The summed E-state index contributed by atoms with van der Waals surface area (Å²) in [4.78, 5) is 21.4. The van der Waals surface area contributed by atoms with Crippen molar-refractivity contribution in [1.82, 2.24) is 24.7 Å². The predicted molar refractivity (Wildman–Crippen MR) is 192 cm³/mol. The van der Waals surface area contributed by atoms with Crippen LogP contribution in [0.2, 0.25) is 0 Å². The average molecular weight is 733 g/mol. The van der Waals surface area contributed by atoms with Crippen LogP contribution in [-0.4, -0.2) is 60.9 Å². The van der Waals surface area contributed by atoms with Crippen molar-refractivity contribution in [1.29, 1.82) is 0 Å². The van der Waals surface area contributed by atoms with Crippen molar-refractivity contribution in [2.24, 2.45) is 5.73 Å². The first kappa shape index (κ1) is 36.7. The highest BCUT2D eigenvalue weighted by Gasteiger charge is 2.31. The summed E-state index contributed by atoms with van der Waals surface area (Å²) in [6, 6.07) is 20.6. The van der Waals surface area contributed by atoms with E-state index in [0.29, 0.717) is 19.5 Å². The van der Waals surface area contributed by atoms with Crippen LogP contribution in [0.4, 0.5) is 36.2 Å². The Bertz CT molecular complexity index is 1970. The number of nitrogens with one attached hydrogen (secondary N) is 1. The number of hydrogen-bond acceptors (Lipinski definition) is 10. The molecule has 0 saturated heterocycles. The molecule has 2 aliphatic heterocycles. The van der Waals surface area contributed by atoms with E-state index in [0.717, 1.165) is 85.8 Å². The van der Waals surface area contributed by atoms with E-state index in [2.05, 4.69) is 69.5 Å². The first-order chi connectivity index (χ1) is 25.1. The molecule has 0 amide bonds. The highest BCUT2D eigenvalue weighted by molar-refractivity contribution is 7.89. The number of fused-ring (bicyclic) bond motifs is 4. The number of anilines is 4. The van der Waals surface area contributed by atoms with E-state index in [1.165, 1.54) is 28.7 Å². The van der Waals surface area contributed by atoms with Crippen LogP contribution in [0.1, 0.15) is 35.1 Å². The summed E-state index contributed by atoms with van der Waals surface area (Å²) in [5, 5.41) is 0. The molecule has 0 radical (unpaired) electrons. The minimum atomic E-state index is -4.84. The molecule has 4 heterocycles. The fourth-order valence-electron chi connectivity index (χ4n) is 6.33. The van der Waals surface area contributed by atoms with Crippen LogP contribution in [0.15, 0.2) is 103 Å². The van der Waals surface area contributed by atoms with Crippen LogP contribution in [0.3, 0.4) is 0 Å². The Hall–Kier alpha value is -5.12. The van der Waals surface area contributed by atoms with E-state index in [1.807, 2.05) is 24.4 Å². The quantitative estimate of drug-likeness (QED) is 0.163. The number of para-hydroxylation sites is 2. The number of ether oxygens (including phenoxy) is 1. The van der Waals surface area contributed by atoms with Crippen molar-refractivity contribution in [2.45, 2.75) is 49.8 Å². The lowest BCUT2D eigenvalue weighted by Crippen LogP contribution is -2.29. The molecule has 3 aromatic carbocycles. The summed E-state index contributed by atoms with van der Waals surface area (Å²) < 4.78 is 68.2. The minimum absolute atomic E-state index is 0.141. The molecule has 2 aliphatic rings. The van der Waals surface area contributed by atoms with Crippen molar-refractivity contribution in [3.8, 4) is 5.75 Å². The smallest absolute Gasteiger partial charge is 0.406 e. The van der Waals surface area contributed by atoms with E-state index < -0.39 is 22.1 Å². The molecule has 0 atom stereocenters. The molecule has 0 fully saturated rings. The first-order valence-electron chi connectivity index (χ1n) is 17.0. The van der Waals surface area contributed by atoms with Crippen LogP contribution < -0.4 is 25.0 Å². The van der Waals surface area contributed by atoms with Gasteiger partial charge in [-0.25, -0.2) is 33.1 Å². The number of aryl methyl sites for hydroxylation is 4. The predicted octanol–water partition coefficient (Wildman–Crippen LogP) is 6.04. The van der Waals surface area contributed by atoms with Gasteiger partial charge in [0.1, 0.15) is 30.0 Å². The number of halogens is 3. The fraction of sp³-hybridized carbons (Fsp3) is 0.297. The Morgan fingerprint density at radius 2 is 1.21 bits per heavy atom. The molecular formula is C37H39F3N8O3S. The lowest BCUT2D eigenvalue weighted by Gasteiger charge is -2.25. The largest absolute Gasteiger partial charge is 0.573 e. The maximum Gasteiger partial charge on any atom is 0.573 e. The van der Waals surface area contributed by atoms with E-state index in [4.69, 9.17) is 5.73 Å². The van der Waals surface area contributed by atoms with Gasteiger partial charge in [0.15, 0.2) is 0 Å². The number of aromatic nitrogens is 4. The van der Waals surface area contributed by atoms with Crippen LogP contribution in [-0.2, 0) is 35.7 Å². The summed E-state index contributed by atoms with van der Waals surface area (Å²) in [7, 11) is -3.88. The maximum absolute atomic E-state index is 12.5. The number of sulfonamides is 1. The van der Waals surface area contributed by atoms with Crippen LogP contribution >= 0.6 is 0 Å². The third-order valence-corrected chi connectivity index (χ3v) is 10.2. The standard InChI is InChI=1S/C22H21F3N4O3S.C15H18N4/c23-22(24,25)32-18-8-10-19(11-9-18)33(30,31)28-12-3-13-29-20-5-2-1-4-16(20)6-7-17-14-26-15-27-21(17)29;16-8-3-9-19-14-5-2-1-4-12(14)6-7-13-10-17-11-18-15(13)19/h1-2,4-5,8-11,14-15,28H,3,6-7,12-13H2;1-2,4-5,10-11H,3,6-9,16H2. The third kappa shape index (κ3) is 9.02. The van der Waals surface area contributed by atoms with Crippen molar-refractivity contribution in [2.75, 3.05) is 36.0 Å². The molecule has 272 valence electrons. The lowest BCUT2D eigenvalue weighted by atomic mass is 10.1. The summed E-state index contributed by atoms with van der Waals surface area (Å²) in [5.74, 6) is 1.35. The average Bonchev–Trinajstić information content (AvgIpc) is 3.40. The van der Waals surface area contributed by atoms with Gasteiger partial charge in [-0.3, -0.25) is 0 Å². The fourth-order valence-corrected chi connectivity index (χ4v) is 7.40. The summed E-state index contributed by atoms with van der Waals surface area (Å²) in [6.07, 6.45) is 7.15. The Kier molecular flexibility index (Phi) is 11.6. The second-order valence-electron chi connectivity index (χ2n) is 12.2. The second kappa shape index (κ2) is 16.5. The molecule has 0 saturated carbocycles. The maximum atomic E-state index is 12.5. The molecule has 0 aliphatic carbocycles. The van der Waals surface area contributed by atoms with Gasteiger partial charge in [-0.2, -0.15) is 0 Å². The molecule has 0 unspecified atom stereocenters. The van der Waals surface area contributed by atoms with Crippen molar-refractivity contribution in [3.63, 3.8) is 0 Å². The molecule has 7 rings (SSSR count). The number of hydrogen-bond donors (Lipinski definition) is 2. The number of nitrogens with two attached hydrogens (primary N) is 1. The van der Waals surface area contributed by atoms with Crippen LogP contribution in [0.5, 0.6) is 5.75 Å². The van der Waals surface area contributed by atoms with Gasteiger partial charge in [0.25, 0.3) is 0 Å². The van der Waals surface area contributed by atoms with Gasteiger partial charge in [-0.05, 0) is 92.6 Å². The van der Waals surface area contributed by atoms with Crippen LogP contribution in [0.25, 0.3) is 0 Å². The van der Waals surface area contributed by atoms with Gasteiger partial charge in [0.2, 0.25) is 10.0 Å². The normalized spacial score (nSPS) is 13.7. The number of rotatable bonds is 10. The van der Waals surface area contributed by atoms with E-state index in [9.17, 15) is 21.6 Å². The van der Waals surface area contributed by atoms with E-state index in [-0.39, 0.29) is 11.4 Å². The molecule has 15 heteroatoms. The number of nitrogens with zero attached hydrogens (tertiary/aromatic N) is 6. The van der Waals surface area contributed by atoms with E-state index in [1.54, 1.807) is 12.5 Å². The summed E-state index contributed by atoms with van der Waals surface area (Å²) in [5.41, 5.74) is 12.7. The Morgan fingerprint density at radius 1 is 0.712 bits per heavy atom. The zero-order valence-corrected chi connectivity index (χ0v) is 29.2. The number of benzene rings is 3. The van der Waals surface area contributed by atoms with Gasteiger partial charge >= 0.3 is 6.36 Å². The molecule has 3 N–H and O–H groups in total. The molecule has 2 aromatic heterocycles. The molecule has 0 bridgehead atoms. The molecule has 52 heavy (non-hydrogen) atoms. The van der Waals surface area contributed by atoms with E-state index >= 15 is 0 Å². The van der Waals surface area contributed by atoms with Gasteiger partial charge in [-0.15, -0.1) is 13.2 Å².